The van der Waals surface area contributed by atoms with Gasteiger partial charge in [-0.15, -0.1) is 0 Å². The molecule has 0 fully saturated rings. The number of aliphatic imine (C=N–C) groups is 2. The van der Waals surface area contributed by atoms with E-state index >= 15 is 0 Å². The van der Waals surface area contributed by atoms with Crippen LogP contribution in [0.3, 0.4) is 0 Å². The Kier molecular flexibility index (Phi) is 21.5. The van der Waals surface area contributed by atoms with E-state index in [-0.39, 0.29) is 20.4 Å². The third-order valence-corrected chi connectivity index (χ3v) is 8.23. The molecule has 0 bridgehead atoms. The fourth-order valence-electron chi connectivity index (χ4n) is 5.56. The minimum Gasteiger partial charge on any atom is -0.251 e. The molecule has 2 rings (SSSR count). The monoisotopic (exact) mass is 662 g/mol. The first kappa shape index (κ1) is 38.2. The van der Waals surface area contributed by atoms with Crippen LogP contribution in [0.2, 0.25) is 0 Å². The predicted octanol–water partition coefficient (Wildman–Crippen LogP) is 12.4. The average Bonchev–Trinajstić information content (AvgIpc) is 3.01. The third-order valence-electron chi connectivity index (χ3n) is 8.23. The van der Waals surface area contributed by atoms with Gasteiger partial charge in [0.1, 0.15) is 0 Å². The van der Waals surface area contributed by atoms with E-state index in [4.69, 9.17) is 9.98 Å². The fourth-order valence-corrected chi connectivity index (χ4v) is 5.56. The first-order valence-corrected chi connectivity index (χ1v) is 17.2. The van der Waals surface area contributed by atoms with Crippen molar-refractivity contribution in [3.63, 3.8) is 0 Å². The Morgan fingerprint density at radius 2 is 1.02 bits per heavy atom. The van der Waals surface area contributed by atoms with E-state index < -0.39 is 0 Å². The van der Waals surface area contributed by atoms with Gasteiger partial charge in [-0.25, -0.2) is 4.99 Å². The quantitative estimate of drug-likeness (QED) is 0.0722. The molecule has 2 aromatic carbocycles. The SMILES string of the molecule is CCCCCCCCCCCC=CC(=Nc1ccc(CC)c(CC)c1)C(CCCC)=Nc1ccc(CC)c(CC)c1.[Pd]. The standard InChI is InChI=1S/C39H60N2.Pd/c1-7-13-15-16-17-18-19-20-21-22-23-25-39(41-37-29-27-33(10-4)35(12-6)31-37)38(24-14-8-2)40-36-28-26-32(9-3)34(11-5)30-36;/h23,25-31H,7-22,24H2,1-6H3;. The molecule has 42 heavy (non-hydrogen) atoms. The maximum atomic E-state index is 5.26. The topological polar surface area (TPSA) is 24.7 Å². The van der Waals surface area contributed by atoms with E-state index in [0.717, 1.165) is 74.2 Å². The fraction of sp³-hybridized carbons (Fsp3) is 0.590. The second-order valence-corrected chi connectivity index (χ2v) is 11.5. The van der Waals surface area contributed by atoms with E-state index in [0.29, 0.717) is 0 Å². The number of nitrogens with zero attached hydrogens (tertiary/aromatic N) is 2. The van der Waals surface area contributed by atoms with Crippen molar-refractivity contribution >= 4 is 22.8 Å². The van der Waals surface area contributed by atoms with Crippen LogP contribution in [-0.4, -0.2) is 11.4 Å². The first-order valence-electron chi connectivity index (χ1n) is 17.2. The molecule has 0 spiro atoms. The molecule has 236 valence electrons. The van der Waals surface area contributed by atoms with Gasteiger partial charge < -0.3 is 0 Å². The Balaban J connectivity index is 0.00000882. The molecule has 0 N–H and O–H groups in total. The van der Waals surface area contributed by atoms with Gasteiger partial charge in [-0.05, 0) is 104 Å². The summed E-state index contributed by atoms with van der Waals surface area (Å²) in [7, 11) is 0. The summed E-state index contributed by atoms with van der Waals surface area (Å²) in [6, 6.07) is 13.5. The average molecular weight is 663 g/mol. The van der Waals surface area contributed by atoms with Crippen LogP contribution in [0.15, 0.2) is 58.5 Å². The molecule has 0 aromatic heterocycles. The smallest absolute Gasteiger partial charge is 0.0848 e. The van der Waals surface area contributed by atoms with Gasteiger partial charge >= 0.3 is 0 Å². The van der Waals surface area contributed by atoms with Gasteiger partial charge in [0.05, 0.1) is 22.8 Å². The number of rotatable bonds is 21. The Morgan fingerprint density at radius 3 is 1.52 bits per heavy atom. The zero-order valence-corrected chi connectivity index (χ0v) is 29.4. The van der Waals surface area contributed by atoms with Gasteiger partial charge in [0.15, 0.2) is 0 Å². The molecule has 0 aliphatic rings. The number of aryl methyl sites for hydroxylation is 4. The van der Waals surface area contributed by atoms with E-state index in [2.05, 4.69) is 90.1 Å². The summed E-state index contributed by atoms with van der Waals surface area (Å²) < 4.78 is 0. The molecule has 0 unspecified atom stereocenters. The zero-order valence-electron chi connectivity index (χ0n) is 27.9. The molecule has 2 nitrogen and oxygen atoms in total. The van der Waals surface area contributed by atoms with Crippen LogP contribution in [0.1, 0.15) is 147 Å². The number of benzene rings is 2. The summed E-state index contributed by atoms with van der Waals surface area (Å²) in [5.41, 5.74) is 9.91. The summed E-state index contributed by atoms with van der Waals surface area (Å²) in [4.78, 5) is 10.5. The molecule has 2 aromatic rings. The third kappa shape index (κ3) is 14.1. The molecule has 0 saturated carbocycles. The van der Waals surface area contributed by atoms with Crippen LogP contribution in [0.5, 0.6) is 0 Å². The second kappa shape index (κ2) is 23.6. The molecular weight excluding hydrogens is 603 g/mol. The zero-order chi connectivity index (χ0) is 29.7. The van der Waals surface area contributed by atoms with E-state index in [1.54, 1.807) is 0 Å². The van der Waals surface area contributed by atoms with Gasteiger partial charge in [0, 0.05) is 20.4 Å². The summed E-state index contributed by atoms with van der Waals surface area (Å²) in [5.74, 6) is 0. The molecule has 0 aliphatic carbocycles. The predicted molar refractivity (Wildman–Crippen MR) is 185 cm³/mol. The van der Waals surface area contributed by atoms with Crippen molar-refractivity contribution in [2.24, 2.45) is 9.98 Å². The van der Waals surface area contributed by atoms with E-state index in [1.165, 1.54) is 80.0 Å². The minimum absolute atomic E-state index is 0. The minimum atomic E-state index is 0. The van der Waals surface area contributed by atoms with Crippen molar-refractivity contribution < 1.29 is 20.4 Å². The molecule has 0 amide bonds. The van der Waals surface area contributed by atoms with Crippen molar-refractivity contribution in [1.29, 1.82) is 0 Å². The Labute approximate surface area is 273 Å². The van der Waals surface area contributed by atoms with Gasteiger partial charge in [-0.3, -0.25) is 4.99 Å². The summed E-state index contributed by atoms with van der Waals surface area (Å²) >= 11 is 0. The maximum absolute atomic E-state index is 5.26. The van der Waals surface area contributed by atoms with E-state index in [9.17, 15) is 0 Å². The molecule has 0 heterocycles. The van der Waals surface area contributed by atoms with Gasteiger partial charge in [0.25, 0.3) is 0 Å². The number of hydrogen-bond donors (Lipinski definition) is 0. The van der Waals surface area contributed by atoms with Crippen molar-refractivity contribution in [3.8, 4) is 0 Å². The number of allylic oxidation sites excluding steroid dienone is 2. The molecule has 0 radical (unpaired) electrons. The van der Waals surface area contributed by atoms with Gasteiger partial charge in [0.2, 0.25) is 0 Å². The van der Waals surface area contributed by atoms with Crippen molar-refractivity contribution in [1.82, 2.24) is 0 Å². The van der Waals surface area contributed by atoms with Crippen molar-refractivity contribution in [2.75, 3.05) is 0 Å². The second-order valence-electron chi connectivity index (χ2n) is 11.5. The van der Waals surface area contributed by atoms with Crippen LogP contribution in [-0.2, 0) is 46.1 Å². The molecular formula is C39H60N2Pd. The summed E-state index contributed by atoms with van der Waals surface area (Å²) in [6.07, 6.45) is 25.4. The summed E-state index contributed by atoms with van der Waals surface area (Å²) in [6.45, 7) is 13.5. The van der Waals surface area contributed by atoms with Crippen LogP contribution in [0.4, 0.5) is 11.4 Å². The molecule has 3 heteroatoms. The summed E-state index contributed by atoms with van der Waals surface area (Å²) in [5, 5.41) is 0. The molecule has 0 aliphatic heterocycles. The number of hydrogen-bond acceptors (Lipinski definition) is 2. The van der Waals surface area contributed by atoms with Crippen LogP contribution >= 0.6 is 0 Å². The molecule has 0 atom stereocenters. The van der Waals surface area contributed by atoms with Crippen LogP contribution in [0.25, 0.3) is 0 Å². The van der Waals surface area contributed by atoms with Gasteiger partial charge in [-0.1, -0.05) is 118 Å². The maximum Gasteiger partial charge on any atom is 0.0848 e. The van der Waals surface area contributed by atoms with Crippen molar-refractivity contribution in [3.05, 3.63) is 70.8 Å². The molecule has 0 saturated heterocycles. The van der Waals surface area contributed by atoms with Gasteiger partial charge in [-0.2, -0.15) is 0 Å². The first-order chi connectivity index (χ1) is 20.1. The number of unbranched alkanes of at least 4 members (excludes halogenated alkanes) is 10. The van der Waals surface area contributed by atoms with Crippen LogP contribution in [0, 0.1) is 0 Å². The Bertz CT molecular complexity index is 1100. The largest absolute Gasteiger partial charge is 0.251 e. The van der Waals surface area contributed by atoms with Crippen molar-refractivity contribution in [2.45, 2.75) is 151 Å². The van der Waals surface area contributed by atoms with E-state index in [1.807, 2.05) is 0 Å². The van der Waals surface area contributed by atoms with Crippen LogP contribution < -0.4 is 0 Å². The Morgan fingerprint density at radius 1 is 0.548 bits per heavy atom. The normalized spacial score (nSPS) is 12.2. The Hall–Kier alpha value is -1.82.